The molecule has 0 spiro atoms. The van der Waals surface area contributed by atoms with Gasteiger partial charge in [-0.1, -0.05) is 11.6 Å². The number of benzene rings is 1. The van der Waals surface area contributed by atoms with E-state index < -0.39 is 0 Å². The van der Waals surface area contributed by atoms with E-state index >= 15 is 0 Å². The molecule has 0 radical (unpaired) electrons. The Balaban J connectivity index is 2.10. The minimum Gasteiger partial charge on any atom is -0.493 e. The molecule has 0 saturated heterocycles. The van der Waals surface area contributed by atoms with Crippen LogP contribution in [0, 0.1) is 6.92 Å². The van der Waals surface area contributed by atoms with Crippen LogP contribution in [0.25, 0.3) is 0 Å². The summed E-state index contributed by atoms with van der Waals surface area (Å²) in [6, 6.07) is 6.33. The van der Waals surface area contributed by atoms with Gasteiger partial charge in [-0.05, 0) is 59.2 Å². The van der Waals surface area contributed by atoms with Crippen LogP contribution in [-0.2, 0) is 6.42 Å². The molecule has 1 unspecified atom stereocenters. The standard InChI is InChI=1S/C15H15BrClNOS/c1-8-5-12(20-15(8)16)13(18-2)11-7-10(17)6-9-3-4-19-14(9)11/h5-7,13,18H,3-4H2,1-2H3. The Morgan fingerprint density at radius 3 is 2.85 bits per heavy atom. The van der Waals surface area contributed by atoms with Gasteiger partial charge >= 0.3 is 0 Å². The van der Waals surface area contributed by atoms with Crippen molar-refractivity contribution in [2.75, 3.05) is 13.7 Å². The van der Waals surface area contributed by atoms with Crippen LogP contribution in [0.4, 0.5) is 0 Å². The number of thiophene rings is 1. The number of halogens is 2. The molecule has 106 valence electrons. The fourth-order valence-electron chi connectivity index (χ4n) is 2.59. The van der Waals surface area contributed by atoms with E-state index in [-0.39, 0.29) is 6.04 Å². The van der Waals surface area contributed by atoms with E-state index in [4.69, 9.17) is 16.3 Å². The fourth-order valence-corrected chi connectivity index (χ4v) is 4.54. The van der Waals surface area contributed by atoms with Crippen molar-refractivity contribution in [3.63, 3.8) is 0 Å². The van der Waals surface area contributed by atoms with Gasteiger partial charge in [0.25, 0.3) is 0 Å². The van der Waals surface area contributed by atoms with Crippen LogP contribution in [0.3, 0.4) is 0 Å². The van der Waals surface area contributed by atoms with Crippen LogP contribution in [-0.4, -0.2) is 13.7 Å². The van der Waals surface area contributed by atoms with Gasteiger partial charge in [0.15, 0.2) is 0 Å². The van der Waals surface area contributed by atoms with Gasteiger partial charge < -0.3 is 10.1 Å². The highest BCUT2D eigenvalue weighted by Gasteiger charge is 2.25. The van der Waals surface area contributed by atoms with Crippen LogP contribution >= 0.6 is 38.9 Å². The van der Waals surface area contributed by atoms with Crippen molar-refractivity contribution < 1.29 is 4.74 Å². The summed E-state index contributed by atoms with van der Waals surface area (Å²) >= 11 is 11.6. The van der Waals surface area contributed by atoms with Gasteiger partial charge in [0, 0.05) is 21.9 Å². The van der Waals surface area contributed by atoms with Crippen LogP contribution in [0.15, 0.2) is 22.0 Å². The molecule has 0 bridgehead atoms. The van der Waals surface area contributed by atoms with Crippen LogP contribution in [0.2, 0.25) is 5.02 Å². The highest BCUT2D eigenvalue weighted by atomic mass is 79.9. The molecule has 1 N–H and O–H groups in total. The summed E-state index contributed by atoms with van der Waals surface area (Å²) in [6.45, 7) is 2.85. The van der Waals surface area contributed by atoms with Crippen molar-refractivity contribution in [3.05, 3.63) is 48.6 Å². The zero-order chi connectivity index (χ0) is 14.3. The lowest BCUT2D eigenvalue weighted by Gasteiger charge is -2.18. The monoisotopic (exact) mass is 371 g/mol. The van der Waals surface area contributed by atoms with Gasteiger partial charge in [-0.2, -0.15) is 0 Å². The zero-order valence-corrected chi connectivity index (χ0v) is 14.5. The largest absolute Gasteiger partial charge is 0.493 e. The van der Waals surface area contributed by atoms with Crippen molar-refractivity contribution in [1.82, 2.24) is 5.32 Å². The number of hydrogen-bond acceptors (Lipinski definition) is 3. The summed E-state index contributed by atoms with van der Waals surface area (Å²) in [5.41, 5.74) is 3.59. The molecule has 1 aromatic heterocycles. The maximum atomic E-state index is 6.26. The number of ether oxygens (including phenoxy) is 1. The topological polar surface area (TPSA) is 21.3 Å². The first-order valence-electron chi connectivity index (χ1n) is 6.48. The molecule has 0 aliphatic carbocycles. The Kier molecular flexibility index (Phi) is 4.09. The second-order valence-corrected chi connectivity index (χ2v) is 7.75. The lowest BCUT2D eigenvalue weighted by molar-refractivity contribution is 0.351. The number of fused-ring (bicyclic) bond motifs is 1. The maximum Gasteiger partial charge on any atom is 0.127 e. The summed E-state index contributed by atoms with van der Waals surface area (Å²) in [5.74, 6) is 0.996. The van der Waals surface area contributed by atoms with Gasteiger partial charge in [-0.25, -0.2) is 0 Å². The van der Waals surface area contributed by atoms with Gasteiger partial charge in [-0.3, -0.25) is 0 Å². The average molecular weight is 373 g/mol. The van der Waals surface area contributed by atoms with Crippen molar-refractivity contribution in [2.45, 2.75) is 19.4 Å². The van der Waals surface area contributed by atoms with E-state index in [1.807, 2.05) is 19.2 Å². The quantitative estimate of drug-likeness (QED) is 0.842. The van der Waals surface area contributed by atoms with E-state index in [0.29, 0.717) is 0 Å². The van der Waals surface area contributed by atoms with E-state index in [9.17, 15) is 0 Å². The molecule has 1 aromatic carbocycles. The number of nitrogens with one attached hydrogen (secondary N) is 1. The van der Waals surface area contributed by atoms with Crippen molar-refractivity contribution in [1.29, 1.82) is 0 Å². The first kappa shape index (κ1) is 14.4. The van der Waals surface area contributed by atoms with Gasteiger partial charge in [0.2, 0.25) is 0 Å². The Morgan fingerprint density at radius 2 is 2.20 bits per heavy atom. The van der Waals surface area contributed by atoms with E-state index in [2.05, 4.69) is 34.2 Å². The minimum atomic E-state index is 0.107. The molecule has 0 fully saturated rings. The summed E-state index contributed by atoms with van der Waals surface area (Å²) in [6.07, 6.45) is 0.937. The predicted molar refractivity (Wildman–Crippen MR) is 88.3 cm³/mol. The van der Waals surface area contributed by atoms with Gasteiger partial charge in [0.1, 0.15) is 5.75 Å². The van der Waals surface area contributed by atoms with E-state index in [1.165, 1.54) is 19.8 Å². The fraction of sp³-hybridized carbons (Fsp3) is 0.333. The Morgan fingerprint density at radius 1 is 1.40 bits per heavy atom. The first-order chi connectivity index (χ1) is 9.60. The average Bonchev–Trinajstić information content (AvgIpc) is 2.98. The second-order valence-electron chi connectivity index (χ2n) is 4.91. The first-order valence-corrected chi connectivity index (χ1v) is 8.47. The molecule has 2 nitrogen and oxygen atoms in total. The van der Waals surface area contributed by atoms with Gasteiger partial charge in [-0.15, -0.1) is 11.3 Å². The molecule has 1 aliphatic rings. The molecular weight excluding hydrogens is 358 g/mol. The molecular formula is C15H15BrClNOS. The van der Waals surface area contributed by atoms with Crippen molar-refractivity contribution >= 4 is 38.9 Å². The Labute approximate surface area is 136 Å². The summed E-state index contributed by atoms with van der Waals surface area (Å²) in [7, 11) is 1.97. The number of hydrogen-bond donors (Lipinski definition) is 1. The lowest BCUT2D eigenvalue weighted by Crippen LogP contribution is -2.17. The Hall–Kier alpha value is -0.550. The number of aryl methyl sites for hydroxylation is 1. The van der Waals surface area contributed by atoms with Crippen LogP contribution in [0.1, 0.15) is 27.6 Å². The summed E-state index contributed by atoms with van der Waals surface area (Å²) < 4.78 is 6.99. The van der Waals surface area contributed by atoms with Crippen molar-refractivity contribution in [2.24, 2.45) is 0 Å². The maximum absolute atomic E-state index is 6.26. The molecule has 3 rings (SSSR count). The second kappa shape index (κ2) is 5.68. The molecule has 0 amide bonds. The molecule has 5 heteroatoms. The third-order valence-electron chi connectivity index (χ3n) is 3.54. The van der Waals surface area contributed by atoms with Gasteiger partial charge in [0.05, 0.1) is 16.4 Å². The molecule has 1 aliphatic heterocycles. The normalized spacial score (nSPS) is 15.0. The smallest absolute Gasteiger partial charge is 0.127 e. The van der Waals surface area contributed by atoms with Crippen LogP contribution < -0.4 is 10.1 Å². The molecule has 0 saturated carbocycles. The third-order valence-corrected chi connectivity index (χ3v) is 5.96. The molecule has 20 heavy (non-hydrogen) atoms. The molecule has 2 aromatic rings. The zero-order valence-electron chi connectivity index (χ0n) is 11.3. The van der Waals surface area contributed by atoms with E-state index in [0.717, 1.165) is 29.4 Å². The Bertz CT molecular complexity index is 636. The lowest BCUT2D eigenvalue weighted by atomic mass is 10.0. The predicted octanol–water partition coefficient (Wildman–Crippen LogP) is 4.72. The third kappa shape index (κ3) is 2.50. The highest BCUT2D eigenvalue weighted by Crippen LogP contribution is 2.41. The van der Waals surface area contributed by atoms with Crippen LogP contribution in [0.5, 0.6) is 5.75 Å². The molecule has 2 heterocycles. The number of rotatable bonds is 3. The highest BCUT2D eigenvalue weighted by molar-refractivity contribution is 9.11. The SMILES string of the molecule is CNC(c1cc(C)c(Br)s1)c1cc(Cl)cc2c1OCC2. The van der Waals surface area contributed by atoms with Crippen molar-refractivity contribution in [3.8, 4) is 5.75 Å². The minimum absolute atomic E-state index is 0.107. The van der Waals surface area contributed by atoms with E-state index in [1.54, 1.807) is 11.3 Å². The molecule has 1 atom stereocenters. The summed E-state index contributed by atoms with van der Waals surface area (Å²) in [4.78, 5) is 1.26. The summed E-state index contributed by atoms with van der Waals surface area (Å²) in [5, 5.41) is 4.16.